The summed E-state index contributed by atoms with van der Waals surface area (Å²) >= 11 is 0. The van der Waals surface area contributed by atoms with Gasteiger partial charge in [0.15, 0.2) is 0 Å². The second-order valence-electron chi connectivity index (χ2n) is 28.2. The van der Waals surface area contributed by atoms with E-state index in [1.807, 2.05) is 27.2 Å². The van der Waals surface area contributed by atoms with Crippen molar-refractivity contribution in [3.63, 3.8) is 0 Å². The van der Waals surface area contributed by atoms with E-state index < -0.39 is 20.0 Å². The van der Waals surface area contributed by atoms with Crippen molar-refractivity contribution in [2.75, 3.05) is 40.9 Å². The van der Waals surface area contributed by atoms with Crippen LogP contribution in [0.2, 0.25) is 0 Å². The first kappa shape index (κ1) is 88.7. The van der Waals surface area contributed by atoms with Crippen LogP contribution < -0.4 is 5.32 Å². The third-order valence-corrected chi connectivity index (χ3v) is 18.9. The van der Waals surface area contributed by atoms with Gasteiger partial charge in [0.2, 0.25) is 5.91 Å². The minimum absolute atomic E-state index is 0.0409. The van der Waals surface area contributed by atoms with Crippen molar-refractivity contribution < 1.29 is 37.3 Å². The van der Waals surface area contributed by atoms with Crippen LogP contribution >= 0.6 is 7.82 Å². The highest BCUT2D eigenvalue weighted by atomic mass is 31.2. The Balaban J connectivity index is 4.96. The highest BCUT2D eigenvalue weighted by Crippen LogP contribution is 2.43. The summed E-state index contributed by atoms with van der Waals surface area (Å²) < 4.78 is 30.9. The minimum atomic E-state index is -4.46. The molecule has 0 bridgehead atoms. The Kier molecular flexibility index (Phi) is 68.7. The van der Waals surface area contributed by atoms with Crippen LogP contribution in [-0.2, 0) is 27.9 Å². The lowest BCUT2D eigenvalue weighted by Gasteiger charge is -2.27. The van der Waals surface area contributed by atoms with E-state index in [-0.39, 0.29) is 25.1 Å². The van der Waals surface area contributed by atoms with Gasteiger partial charge in [-0.1, -0.05) is 345 Å². The molecule has 534 valence electrons. The molecule has 0 fully saturated rings. The number of amides is 1. The number of rotatable bonds is 73. The molecule has 0 heterocycles. The smallest absolute Gasteiger partial charge is 0.456 e. The second kappa shape index (κ2) is 70.5. The van der Waals surface area contributed by atoms with Crippen molar-refractivity contribution in [1.82, 2.24) is 5.32 Å². The molecule has 2 N–H and O–H groups in total. The molecule has 0 aliphatic heterocycles. The molecule has 3 unspecified atom stereocenters. The Bertz CT molecular complexity index is 1740. The Morgan fingerprint density at radius 3 is 1.03 bits per heavy atom. The molecule has 0 aromatic rings. The highest BCUT2D eigenvalue weighted by molar-refractivity contribution is 7.47. The molecule has 0 saturated heterocycles. The molecule has 0 saturated carbocycles. The number of nitrogens with zero attached hydrogens (tertiary/aromatic N) is 1. The molecule has 0 aliphatic carbocycles. The zero-order chi connectivity index (χ0) is 66.3. The van der Waals surface area contributed by atoms with Crippen LogP contribution in [0, 0.1) is 0 Å². The molecule has 91 heavy (non-hydrogen) atoms. The number of hydrogen-bond donors (Lipinski definition) is 2. The monoisotopic (exact) mass is 1300 g/mol. The van der Waals surface area contributed by atoms with Gasteiger partial charge in [-0.2, -0.15) is 0 Å². The van der Waals surface area contributed by atoms with Gasteiger partial charge in [0, 0.05) is 12.8 Å². The summed E-state index contributed by atoms with van der Waals surface area (Å²) in [5.74, 6) is -0.488. The van der Waals surface area contributed by atoms with Gasteiger partial charge >= 0.3 is 13.8 Å². The number of likely N-dealkylation sites (N-methyl/N-ethyl adjacent to an activating group) is 1. The van der Waals surface area contributed by atoms with E-state index in [0.717, 1.165) is 70.6 Å². The van der Waals surface area contributed by atoms with E-state index in [1.54, 1.807) is 0 Å². The quantitative estimate of drug-likeness (QED) is 0.0205. The third kappa shape index (κ3) is 71.8. The summed E-state index contributed by atoms with van der Waals surface area (Å²) in [4.78, 5) is 38.1. The molecule has 0 aromatic heterocycles. The summed E-state index contributed by atoms with van der Waals surface area (Å²) in [5, 5.41) is 3.09. The molecular formula is C81H154N2O7P+. The van der Waals surface area contributed by atoms with Gasteiger partial charge < -0.3 is 19.4 Å². The van der Waals surface area contributed by atoms with E-state index in [4.69, 9.17) is 13.8 Å². The molecular weight excluding hydrogens is 1140 g/mol. The normalized spacial score (nSPS) is 13.7. The zero-order valence-electron chi connectivity index (χ0n) is 61.4. The van der Waals surface area contributed by atoms with Gasteiger partial charge in [-0.25, -0.2) is 4.57 Å². The standard InChI is InChI=1S/C81H153N2O7P/c1-7-10-13-16-19-22-25-28-30-32-34-36-38-40-41-43-45-47-49-51-53-56-59-62-65-68-71-74-81(85)90-79(72-69-66-63-60-57-54-27-24-21-18-15-12-9-3)78(77-89-91(86,87)88-76-75-83(4,5)6)82-80(84)73-70-67-64-61-58-55-52-50-48-46-44-42-39-37-35-33-31-29-26-23-20-17-14-11-8-2/h20,23,28-31,35,37,69,72,78-79H,7-19,21-22,24-27,32-34,36,38-68,70-71,73-77H2,1-6H3,(H-,82,84,86,87)/p+1/b23-20-,30-28+,31-29-,37-35-,72-69+. The predicted octanol–water partition coefficient (Wildman–Crippen LogP) is 25.7. The summed E-state index contributed by atoms with van der Waals surface area (Å²) in [5.41, 5.74) is 0. The van der Waals surface area contributed by atoms with Crippen LogP contribution in [0.5, 0.6) is 0 Å². The average molecular weight is 1300 g/mol. The van der Waals surface area contributed by atoms with E-state index in [9.17, 15) is 19.0 Å². The van der Waals surface area contributed by atoms with Gasteiger partial charge in [0.1, 0.15) is 19.3 Å². The van der Waals surface area contributed by atoms with Gasteiger partial charge in [0.25, 0.3) is 0 Å². The van der Waals surface area contributed by atoms with Crippen LogP contribution in [0.25, 0.3) is 0 Å². The van der Waals surface area contributed by atoms with Crippen molar-refractivity contribution in [1.29, 1.82) is 0 Å². The Morgan fingerprint density at radius 2 is 0.670 bits per heavy atom. The molecule has 0 radical (unpaired) electrons. The number of carbonyl (C=O) groups is 2. The third-order valence-electron chi connectivity index (χ3n) is 17.9. The lowest BCUT2D eigenvalue weighted by atomic mass is 10.0. The molecule has 0 aromatic carbocycles. The number of quaternary nitrogens is 1. The number of nitrogens with one attached hydrogen (secondary N) is 1. The Hall–Kier alpha value is -2.29. The topological polar surface area (TPSA) is 111 Å². The van der Waals surface area contributed by atoms with Crippen LogP contribution in [0.1, 0.15) is 393 Å². The fourth-order valence-electron chi connectivity index (χ4n) is 11.8. The molecule has 0 spiro atoms. The number of phosphoric acid groups is 1. The molecule has 1 amide bonds. The number of phosphoric ester groups is 1. The molecule has 0 rings (SSSR count). The maximum absolute atomic E-state index is 13.7. The van der Waals surface area contributed by atoms with Gasteiger partial charge in [-0.05, 0) is 96.0 Å². The molecule has 10 heteroatoms. The fraction of sp³-hybridized carbons (Fsp3) is 0.852. The van der Waals surface area contributed by atoms with Crippen molar-refractivity contribution in [2.24, 2.45) is 0 Å². The first-order chi connectivity index (χ1) is 44.4. The number of allylic oxidation sites excluding steroid dienone is 9. The van der Waals surface area contributed by atoms with E-state index in [2.05, 4.69) is 80.8 Å². The number of hydrogen-bond acceptors (Lipinski definition) is 6. The maximum Gasteiger partial charge on any atom is 0.472 e. The van der Waals surface area contributed by atoms with Gasteiger partial charge in [-0.15, -0.1) is 0 Å². The van der Waals surface area contributed by atoms with Crippen molar-refractivity contribution in [3.8, 4) is 0 Å². The number of carbonyl (C=O) groups excluding carboxylic acids is 2. The lowest BCUT2D eigenvalue weighted by molar-refractivity contribution is -0.870. The second-order valence-corrected chi connectivity index (χ2v) is 29.7. The summed E-state index contributed by atoms with van der Waals surface area (Å²) in [6.45, 7) is 7.04. The largest absolute Gasteiger partial charge is 0.472 e. The molecule has 9 nitrogen and oxygen atoms in total. The van der Waals surface area contributed by atoms with Crippen LogP contribution in [0.3, 0.4) is 0 Å². The van der Waals surface area contributed by atoms with Gasteiger partial charge in [0.05, 0.1) is 33.8 Å². The van der Waals surface area contributed by atoms with Crippen LogP contribution in [-0.4, -0.2) is 74.3 Å². The van der Waals surface area contributed by atoms with E-state index in [1.165, 1.54) is 289 Å². The molecule has 3 atom stereocenters. The maximum atomic E-state index is 13.7. The summed E-state index contributed by atoms with van der Waals surface area (Å²) in [6, 6.07) is -0.851. The van der Waals surface area contributed by atoms with Crippen molar-refractivity contribution in [3.05, 3.63) is 60.8 Å². The lowest BCUT2D eigenvalue weighted by Crippen LogP contribution is -2.47. The number of unbranched alkanes of at least 4 members (excludes halogenated alkanes) is 49. The molecule has 0 aliphatic rings. The summed E-state index contributed by atoms with van der Waals surface area (Å²) in [7, 11) is 1.51. The highest BCUT2D eigenvalue weighted by Gasteiger charge is 2.30. The number of esters is 1. The van der Waals surface area contributed by atoms with E-state index >= 15 is 0 Å². The van der Waals surface area contributed by atoms with Crippen molar-refractivity contribution in [2.45, 2.75) is 405 Å². The number of ether oxygens (including phenoxy) is 1. The zero-order valence-corrected chi connectivity index (χ0v) is 62.2. The SMILES string of the molecule is CCCCC/C=C\C/C=C\C/C=C\CCCCCCCCCCCCCCC(=O)NC(COP(=O)(O)OCC[N+](C)(C)C)C(/C=C/CCCCCCCCCCCCC)OC(=O)CCCCCCCCCCCCCCCCCCC/C=C/CCCCCCCC. The Labute approximate surface area is 566 Å². The van der Waals surface area contributed by atoms with Crippen LogP contribution in [0.15, 0.2) is 60.8 Å². The predicted molar refractivity (Wildman–Crippen MR) is 397 cm³/mol. The summed E-state index contributed by atoms with van der Waals surface area (Å²) in [6.07, 6.45) is 92.5. The minimum Gasteiger partial charge on any atom is -0.456 e. The average Bonchev–Trinajstić information content (AvgIpc) is 3.73. The Morgan fingerprint density at radius 1 is 0.385 bits per heavy atom. The van der Waals surface area contributed by atoms with Crippen LogP contribution in [0.4, 0.5) is 0 Å². The van der Waals surface area contributed by atoms with Crippen molar-refractivity contribution >= 4 is 19.7 Å². The first-order valence-corrected chi connectivity index (χ1v) is 41.1. The van der Waals surface area contributed by atoms with Gasteiger partial charge in [-0.3, -0.25) is 18.6 Å². The fourth-order valence-corrected chi connectivity index (χ4v) is 12.6. The first-order valence-electron chi connectivity index (χ1n) is 39.6. The van der Waals surface area contributed by atoms with E-state index in [0.29, 0.717) is 23.9 Å².